The molecule has 158 valence electrons. The normalized spacial score (nSPS) is 11.7. The van der Waals surface area contributed by atoms with E-state index < -0.39 is 18.0 Å². The molecule has 3 rings (SSSR count). The van der Waals surface area contributed by atoms with Gasteiger partial charge in [-0.3, -0.25) is 4.79 Å². The number of hydrogen-bond donors (Lipinski definition) is 1. The molecule has 1 N–H and O–H groups in total. The van der Waals surface area contributed by atoms with Crippen LogP contribution in [0.1, 0.15) is 12.5 Å². The van der Waals surface area contributed by atoms with Gasteiger partial charge in [0.2, 0.25) is 0 Å². The first-order valence-corrected chi connectivity index (χ1v) is 10.1. The maximum Gasteiger partial charge on any atom is 0.331 e. The van der Waals surface area contributed by atoms with Gasteiger partial charge in [-0.25, -0.2) is 4.79 Å². The molecule has 3 aromatic rings. The lowest BCUT2D eigenvalue weighted by atomic mass is 10.2. The highest BCUT2D eigenvalue weighted by molar-refractivity contribution is 6.42. The van der Waals surface area contributed by atoms with Crippen molar-refractivity contribution in [2.45, 2.75) is 13.0 Å². The van der Waals surface area contributed by atoms with E-state index >= 15 is 0 Å². The Balaban J connectivity index is 1.50. The van der Waals surface area contributed by atoms with E-state index in [0.29, 0.717) is 32.8 Å². The van der Waals surface area contributed by atoms with Gasteiger partial charge in [0, 0.05) is 11.8 Å². The van der Waals surface area contributed by atoms with Crippen LogP contribution in [-0.4, -0.2) is 18.0 Å². The summed E-state index contributed by atoms with van der Waals surface area (Å²) in [4.78, 5) is 24.3. The molecule has 1 amide bonds. The van der Waals surface area contributed by atoms with Crippen LogP contribution < -0.4 is 10.1 Å². The Morgan fingerprint density at radius 3 is 2.26 bits per heavy atom. The molecule has 0 aliphatic heterocycles. The van der Waals surface area contributed by atoms with Gasteiger partial charge in [-0.2, -0.15) is 0 Å². The predicted octanol–water partition coefficient (Wildman–Crippen LogP) is 6.37. The average Bonchev–Trinajstić information content (AvgIpc) is 2.76. The van der Waals surface area contributed by atoms with Gasteiger partial charge >= 0.3 is 5.97 Å². The van der Waals surface area contributed by atoms with Crippen molar-refractivity contribution in [3.63, 3.8) is 0 Å². The number of nitrogens with one attached hydrogen (secondary N) is 1. The van der Waals surface area contributed by atoms with Crippen LogP contribution in [0.3, 0.4) is 0 Å². The number of halogens is 2. The number of ether oxygens (including phenoxy) is 2. The first-order chi connectivity index (χ1) is 14.9. The topological polar surface area (TPSA) is 64.6 Å². The number of para-hydroxylation sites is 1. The molecule has 0 saturated carbocycles. The first kappa shape index (κ1) is 22.4. The quantitative estimate of drug-likeness (QED) is 0.332. The maximum absolute atomic E-state index is 12.3. The highest BCUT2D eigenvalue weighted by Crippen LogP contribution is 2.24. The fourth-order valence-electron chi connectivity index (χ4n) is 2.52. The summed E-state index contributed by atoms with van der Waals surface area (Å²) in [5.41, 5.74) is 1.24. The van der Waals surface area contributed by atoms with Crippen molar-refractivity contribution in [2.24, 2.45) is 0 Å². The molecule has 0 fully saturated rings. The number of carbonyl (C=O) groups is 2. The molecule has 0 heterocycles. The molecule has 0 bridgehead atoms. The molecule has 0 saturated heterocycles. The van der Waals surface area contributed by atoms with Gasteiger partial charge in [0.05, 0.1) is 10.0 Å². The van der Waals surface area contributed by atoms with E-state index in [0.717, 1.165) is 0 Å². The van der Waals surface area contributed by atoms with E-state index in [4.69, 9.17) is 32.7 Å². The molecule has 3 aromatic carbocycles. The Hall–Kier alpha value is -3.28. The van der Waals surface area contributed by atoms with Crippen LogP contribution in [0, 0.1) is 0 Å². The minimum Gasteiger partial charge on any atom is -0.457 e. The molecule has 31 heavy (non-hydrogen) atoms. The lowest BCUT2D eigenvalue weighted by Crippen LogP contribution is -2.29. The molecule has 0 aliphatic carbocycles. The number of esters is 1. The van der Waals surface area contributed by atoms with E-state index in [1.807, 2.05) is 30.3 Å². The van der Waals surface area contributed by atoms with Crippen molar-refractivity contribution in [3.05, 3.63) is 94.5 Å². The SMILES string of the molecule is CC(OC(=O)/C=C/c1ccc(Cl)c(Cl)c1)C(=O)Nc1ccc(Oc2ccccc2)cc1. The Bertz CT molecular complexity index is 1080. The first-order valence-electron chi connectivity index (χ1n) is 9.38. The molecular formula is C24H19Cl2NO4. The molecule has 1 unspecified atom stereocenters. The summed E-state index contributed by atoms with van der Waals surface area (Å²) in [5, 5.41) is 3.50. The third-order valence-corrected chi connectivity index (χ3v) is 4.86. The van der Waals surface area contributed by atoms with Gasteiger partial charge in [0.1, 0.15) is 11.5 Å². The third kappa shape index (κ3) is 6.88. The van der Waals surface area contributed by atoms with Crippen LogP contribution in [0.25, 0.3) is 6.08 Å². The maximum atomic E-state index is 12.3. The summed E-state index contributed by atoms with van der Waals surface area (Å²) in [7, 11) is 0. The van der Waals surface area contributed by atoms with E-state index in [2.05, 4.69) is 5.32 Å². The lowest BCUT2D eigenvalue weighted by Gasteiger charge is -2.13. The summed E-state index contributed by atoms with van der Waals surface area (Å²) in [6.45, 7) is 1.49. The number of anilines is 1. The summed E-state index contributed by atoms with van der Waals surface area (Å²) in [5.74, 6) is 0.248. The Kier molecular flexibility index (Phi) is 7.70. The summed E-state index contributed by atoms with van der Waals surface area (Å²) in [6, 6.07) is 21.2. The van der Waals surface area contributed by atoms with E-state index in [1.165, 1.54) is 19.1 Å². The van der Waals surface area contributed by atoms with Gasteiger partial charge in [0.15, 0.2) is 6.10 Å². The number of amides is 1. The van der Waals surface area contributed by atoms with Crippen molar-refractivity contribution < 1.29 is 19.1 Å². The van der Waals surface area contributed by atoms with E-state index in [-0.39, 0.29) is 0 Å². The van der Waals surface area contributed by atoms with Crippen LogP contribution in [0.4, 0.5) is 5.69 Å². The Labute approximate surface area is 190 Å². The third-order valence-electron chi connectivity index (χ3n) is 4.12. The average molecular weight is 456 g/mol. The van der Waals surface area contributed by atoms with Crippen molar-refractivity contribution in [1.82, 2.24) is 0 Å². The highest BCUT2D eigenvalue weighted by Gasteiger charge is 2.16. The molecule has 0 spiro atoms. The molecule has 5 nitrogen and oxygen atoms in total. The van der Waals surface area contributed by atoms with E-state index in [1.54, 1.807) is 42.5 Å². The fraction of sp³-hybridized carbons (Fsp3) is 0.0833. The summed E-state index contributed by atoms with van der Waals surface area (Å²) in [6.07, 6.45) is 1.77. The molecule has 1 atom stereocenters. The fourth-order valence-corrected chi connectivity index (χ4v) is 2.83. The van der Waals surface area contributed by atoms with Gasteiger partial charge in [0.25, 0.3) is 5.91 Å². The van der Waals surface area contributed by atoms with Crippen molar-refractivity contribution in [1.29, 1.82) is 0 Å². The van der Waals surface area contributed by atoms with Gasteiger partial charge < -0.3 is 14.8 Å². The van der Waals surface area contributed by atoms with Crippen LogP contribution in [0.5, 0.6) is 11.5 Å². The minimum atomic E-state index is -0.980. The molecule has 0 radical (unpaired) electrons. The van der Waals surface area contributed by atoms with Crippen molar-refractivity contribution >= 4 is 46.8 Å². The molecule has 0 aliphatic rings. The Morgan fingerprint density at radius 1 is 0.903 bits per heavy atom. The highest BCUT2D eigenvalue weighted by atomic mass is 35.5. The second-order valence-electron chi connectivity index (χ2n) is 6.51. The second-order valence-corrected chi connectivity index (χ2v) is 7.33. The standard InChI is InChI=1S/C24H19Cl2NO4/c1-16(30-23(28)14-8-17-7-13-21(25)22(26)15-17)24(29)27-18-9-11-20(12-10-18)31-19-5-3-2-4-6-19/h2-16H,1H3,(H,27,29)/b14-8+. The van der Waals surface area contributed by atoms with Gasteiger partial charge in [-0.15, -0.1) is 0 Å². The Morgan fingerprint density at radius 2 is 1.58 bits per heavy atom. The zero-order chi connectivity index (χ0) is 22.2. The summed E-state index contributed by atoms with van der Waals surface area (Å²) >= 11 is 11.8. The number of benzene rings is 3. The van der Waals surface area contributed by atoms with Crippen molar-refractivity contribution in [3.8, 4) is 11.5 Å². The number of carbonyl (C=O) groups excluding carboxylic acids is 2. The minimum absolute atomic E-state index is 0.380. The zero-order valence-electron chi connectivity index (χ0n) is 16.5. The predicted molar refractivity (Wildman–Crippen MR) is 123 cm³/mol. The van der Waals surface area contributed by atoms with Crippen LogP contribution in [0.15, 0.2) is 78.9 Å². The second kappa shape index (κ2) is 10.7. The van der Waals surface area contributed by atoms with E-state index in [9.17, 15) is 9.59 Å². The zero-order valence-corrected chi connectivity index (χ0v) is 18.1. The smallest absolute Gasteiger partial charge is 0.331 e. The molecule has 7 heteroatoms. The number of hydrogen-bond acceptors (Lipinski definition) is 4. The number of rotatable bonds is 7. The van der Waals surface area contributed by atoms with Crippen molar-refractivity contribution in [2.75, 3.05) is 5.32 Å². The largest absolute Gasteiger partial charge is 0.457 e. The van der Waals surface area contributed by atoms with Crippen LogP contribution in [-0.2, 0) is 14.3 Å². The van der Waals surface area contributed by atoms with Gasteiger partial charge in [-0.05, 0) is 67.1 Å². The van der Waals surface area contributed by atoms with Gasteiger partial charge in [-0.1, -0.05) is 47.5 Å². The van der Waals surface area contributed by atoms with Crippen LogP contribution >= 0.6 is 23.2 Å². The monoisotopic (exact) mass is 455 g/mol. The lowest BCUT2D eigenvalue weighted by molar-refractivity contribution is -0.148. The summed E-state index contributed by atoms with van der Waals surface area (Å²) < 4.78 is 10.9. The molecule has 0 aromatic heterocycles. The van der Waals surface area contributed by atoms with Crippen LogP contribution in [0.2, 0.25) is 10.0 Å². The molecular weight excluding hydrogens is 437 g/mol.